The molecule has 1 aromatic heterocycles. The number of benzene rings is 2. The molecule has 2 aliphatic rings. The molecule has 0 unspecified atom stereocenters. The molecule has 8 nitrogen and oxygen atoms in total. The predicted molar refractivity (Wildman–Crippen MR) is 154 cm³/mol. The lowest BCUT2D eigenvalue weighted by atomic mass is 9.82. The molecule has 2 bridgehead atoms. The van der Waals surface area contributed by atoms with Crippen molar-refractivity contribution in [3.63, 3.8) is 0 Å². The van der Waals surface area contributed by atoms with Crippen molar-refractivity contribution in [2.45, 2.75) is 51.0 Å². The molecule has 1 aliphatic carbocycles. The molecule has 2 aromatic carbocycles. The minimum Gasteiger partial charge on any atom is -0.354 e. The van der Waals surface area contributed by atoms with Gasteiger partial charge in [-0.2, -0.15) is 12.7 Å². The molecule has 1 saturated carbocycles. The van der Waals surface area contributed by atoms with Crippen LogP contribution in [0.25, 0.3) is 22.2 Å². The molecule has 2 heterocycles. The van der Waals surface area contributed by atoms with Gasteiger partial charge in [0.1, 0.15) is 6.54 Å². The Morgan fingerprint density at radius 1 is 0.949 bits per heavy atom. The average Bonchev–Trinajstić information content (AvgIpc) is 3.23. The second kappa shape index (κ2) is 11.5. The predicted octanol–water partition coefficient (Wildman–Crippen LogP) is 4.99. The highest BCUT2D eigenvalue weighted by molar-refractivity contribution is 7.87. The van der Waals surface area contributed by atoms with E-state index in [-0.39, 0.29) is 24.6 Å². The maximum atomic E-state index is 13.2. The van der Waals surface area contributed by atoms with E-state index in [2.05, 4.69) is 10.0 Å². The Hall–Kier alpha value is -3.14. The van der Waals surface area contributed by atoms with Gasteiger partial charge in [0.05, 0.1) is 11.2 Å². The molecule has 0 spiro atoms. The first-order valence-corrected chi connectivity index (χ1v) is 15.2. The van der Waals surface area contributed by atoms with E-state index in [1.54, 1.807) is 18.2 Å². The SMILES string of the molecule is CN1C/C=C/CCNC(=O)Cn2c(-c3ccc(Cl)cc3)c(C3CCCCC3)c3ccc(cc32)C(=O)NS1(=O)=O. The van der Waals surface area contributed by atoms with Gasteiger partial charge in [0.15, 0.2) is 0 Å². The van der Waals surface area contributed by atoms with Crippen molar-refractivity contribution in [1.29, 1.82) is 0 Å². The van der Waals surface area contributed by atoms with E-state index < -0.39 is 16.1 Å². The number of nitrogens with one attached hydrogen (secondary N) is 2. The lowest BCUT2D eigenvalue weighted by molar-refractivity contribution is -0.121. The Balaban J connectivity index is 1.72. The van der Waals surface area contributed by atoms with Gasteiger partial charge >= 0.3 is 10.2 Å². The van der Waals surface area contributed by atoms with Gasteiger partial charge in [-0.1, -0.05) is 61.2 Å². The van der Waals surface area contributed by atoms with Gasteiger partial charge in [-0.15, -0.1) is 0 Å². The monoisotopic (exact) mass is 568 g/mol. The molecular weight excluding hydrogens is 536 g/mol. The minimum atomic E-state index is -4.03. The number of carbonyl (C=O) groups excluding carboxylic acids is 2. The summed E-state index contributed by atoms with van der Waals surface area (Å²) in [6.45, 7) is 0.601. The summed E-state index contributed by atoms with van der Waals surface area (Å²) < 4.78 is 30.8. The second-order valence-electron chi connectivity index (χ2n) is 10.2. The number of hydrogen-bond acceptors (Lipinski definition) is 4. The van der Waals surface area contributed by atoms with E-state index in [4.69, 9.17) is 11.6 Å². The number of hydrogen-bond donors (Lipinski definition) is 2. The standard InChI is InChI=1S/C29H33ClN4O4S/c1-33-17-7-3-6-16-31-26(35)19-34-25-18-22(29(36)32-39(33,37)38)12-15-24(25)27(20-8-4-2-5-9-20)28(34)21-10-13-23(30)14-11-21/h3,7,10-15,18,20H,2,4-6,8-9,16-17,19H2,1H3,(H,31,35)(H,32,36)/b7-3+. The van der Waals surface area contributed by atoms with Crippen molar-refractivity contribution >= 4 is 44.5 Å². The highest BCUT2D eigenvalue weighted by Gasteiger charge is 2.28. The summed E-state index contributed by atoms with van der Waals surface area (Å²) in [5.41, 5.74) is 3.98. The Morgan fingerprint density at radius 2 is 1.67 bits per heavy atom. The molecule has 1 aliphatic heterocycles. The maximum absolute atomic E-state index is 13.2. The normalized spacial score (nSPS) is 20.6. The van der Waals surface area contributed by atoms with E-state index in [9.17, 15) is 18.0 Å². The van der Waals surface area contributed by atoms with Crippen molar-refractivity contribution in [2.24, 2.45) is 0 Å². The summed E-state index contributed by atoms with van der Waals surface area (Å²) in [6, 6.07) is 12.9. The Labute approximate surface area is 234 Å². The zero-order chi connectivity index (χ0) is 27.6. The van der Waals surface area contributed by atoms with E-state index in [1.807, 2.05) is 41.0 Å². The van der Waals surface area contributed by atoms with Gasteiger partial charge in [0.25, 0.3) is 5.91 Å². The number of aromatic nitrogens is 1. The number of halogens is 1. The highest BCUT2D eigenvalue weighted by Crippen LogP contribution is 2.44. The number of likely N-dealkylation sites (N-methyl/N-ethyl adjacent to an activating group) is 1. The molecule has 3 aromatic rings. The highest BCUT2D eigenvalue weighted by atomic mass is 35.5. The topological polar surface area (TPSA) is 101 Å². The first-order valence-electron chi connectivity index (χ1n) is 13.4. The van der Waals surface area contributed by atoms with Crippen molar-refractivity contribution in [3.05, 3.63) is 70.8 Å². The minimum absolute atomic E-state index is 0.0665. The zero-order valence-corrected chi connectivity index (χ0v) is 23.5. The number of carbonyl (C=O) groups is 2. The third-order valence-corrected chi connectivity index (χ3v) is 9.26. The molecule has 0 radical (unpaired) electrons. The van der Waals surface area contributed by atoms with Crippen molar-refractivity contribution < 1.29 is 18.0 Å². The van der Waals surface area contributed by atoms with E-state index >= 15 is 0 Å². The van der Waals surface area contributed by atoms with Crippen molar-refractivity contribution in [3.8, 4) is 11.3 Å². The van der Waals surface area contributed by atoms with Crippen LogP contribution in [0.1, 0.15) is 60.4 Å². The van der Waals surface area contributed by atoms with Crippen LogP contribution in [0.5, 0.6) is 0 Å². The Morgan fingerprint density at radius 3 is 2.41 bits per heavy atom. The van der Waals surface area contributed by atoms with Crippen LogP contribution in [0.2, 0.25) is 5.02 Å². The molecule has 10 heteroatoms. The molecule has 2 amide bonds. The number of nitrogens with zero attached hydrogens (tertiary/aromatic N) is 2. The van der Waals surface area contributed by atoms with Crippen LogP contribution in [0.4, 0.5) is 0 Å². The van der Waals surface area contributed by atoms with Crippen molar-refractivity contribution in [2.75, 3.05) is 20.1 Å². The fourth-order valence-electron chi connectivity index (χ4n) is 5.59. The summed E-state index contributed by atoms with van der Waals surface area (Å²) in [4.78, 5) is 26.3. The van der Waals surface area contributed by atoms with Crippen molar-refractivity contribution in [1.82, 2.24) is 18.9 Å². The molecule has 0 saturated heterocycles. The summed E-state index contributed by atoms with van der Waals surface area (Å²) in [6.07, 6.45) is 9.64. The molecule has 39 heavy (non-hydrogen) atoms. The summed E-state index contributed by atoms with van der Waals surface area (Å²) in [5, 5.41) is 4.58. The maximum Gasteiger partial charge on any atom is 0.304 e. The first kappa shape index (κ1) is 27.4. The smallest absolute Gasteiger partial charge is 0.304 e. The lowest BCUT2D eigenvalue weighted by Crippen LogP contribution is -2.41. The van der Waals surface area contributed by atoms with Crippen LogP contribution >= 0.6 is 11.6 Å². The summed E-state index contributed by atoms with van der Waals surface area (Å²) in [7, 11) is -2.62. The van der Waals surface area contributed by atoms with Crippen LogP contribution in [0.15, 0.2) is 54.6 Å². The average molecular weight is 569 g/mol. The molecule has 5 rings (SSSR count). The van der Waals surface area contributed by atoms with E-state index in [0.29, 0.717) is 23.9 Å². The molecule has 1 fully saturated rings. The largest absolute Gasteiger partial charge is 0.354 e. The van der Waals surface area contributed by atoms with Crippen LogP contribution in [-0.2, 0) is 21.5 Å². The summed E-state index contributed by atoms with van der Waals surface area (Å²) >= 11 is 6.22. The van der Waals surface area contributed by atoms with Crippen LogP contribution in [0, 0.1) is 0 Å². The van der Waals surface area contributed by atoms with Gasteiger partial charge in [-0.25, -0.2) is 4.72 Å². The number of fused-ring (bicyclic) bond motifs is 1. The second-order valence-corrected chi connectivity index (χ2v) is 12.5. The van der Waals surface area contributed by atoms with Crippen LogP contribution in [0.3, 0.4) is 0 Å². The van der Waals surface area contributed by atoms with E-state index in [0.717, 1.165) is 52.1 Å². The molecule has 0 atom stereocenters. The number of amides is 2. The van der Waals surface area contributed by atoms with Crippen LogP contribution in [-0.4, -0.2) is 49.2 Å². The van der Waals surface area contributed by atoms with Gasteiger partial charge < -0.3 is 9.88 Å². The zero-order valence-electron chi connectivity index (χ0n) is 22.0. The van der Waals surface area contributed by atoms with Crippen LogP contribution < -0.4 is 10.0 Å². The quantitative estimate of drug-likeness (QED) is 0.425. The molecule has 206 valence electrons. The van der Waals surface area contributed by atoms with Gasteiger partial charge in [0.2, 0.25) is 5.91 Å². The molecule has 2 N–H and O–H groups in total. The van der Waals surface area contributed by atoms with E-state index in [1.165, 1.54) is 19.0 Å². The fourth-order valence-corrected chi connectivity index (χ4v) is 6.51. The van der Waals surface area contributed by atoms with Gasteiger partial charge in [-0.3, -0.25) is 9.59 Å². The third kappa shape index (κ3) is 5.90. The lowest BCUT2D eigenvalue weighted by Gasteiger charge is -2.23. The third-order valence-electron chi connectivity index (χ3n) is 7.59. The Bertz CT molecular complexity index is 1520. The first-order chi connectivity index (χ1) is 18.7. The van der Waals surface area contributed by atoms with Gasteiger partial charge in [0, 0.05) is 36.1 Å². The Kier molecular flexibility index (Phi) is 8.11. The fraction of sp³-hybridized carbons (Fsp3) is 0.379. The molecular formula is C29H33ClN4O4S. The van der Waals surface area contributed by atoms with Gasteiger partial charge in [-0.05, 0) is 60.6 Å². The summed E-state index contributed by atoms with van der Waals surface area (Å²) in [5.74, 6) is -0.541. The number of rotatable bonds is 2.